The second-order valence-corrected chi connectivity index (χ2v) is 7.39. The van der Waals surface area contributed by atoms with Crippen molar-refractivity contribution < 1.29 is 9.59 Å². The summed E-state index contributed by atoms with van der Waals surface area (Å²) in [6, 6.07) is 7.17. The number of rotatable bonds is 5. The lowest BCUT2D eigenvalue weighted by Crippen LogP contribution is -2.53. The first-order valence-corrected chi connectivity index (χ1v) is 9.07. The molecule has 0 radical (unpaired) electrons. The van der Waals surface area contributed by atoms with Crippen molar-refractivity contribution in [2.45, 2.75) is 65.5 Å². The summed E-state index contributed by atoms with van der Waals surface area (Å²) < 4.78 is 0. The van der Waals surface area contributed by atoms with E-state index in [0.29, 0.717) is 11.5 Å². The highest BCUT2D eigenvalue weighted by Gasteiger charge is 2.29. The van der Waals surface area contributed by atoms with E-state index in [9.17, 15) is 9.59 Å². The molecule has 0 heterocycles. The highest BCUT2D eigenvalue weighted by atomic mass is 16.2. The van der Waals surface area contributed by atoms with Crippen LogP contribution in [0.15, 0.2) is 24.3 Å². The van der Waals surface area contributed by atoms with Gasteiger partial charge in [-0.15, -0.1) is 0 Å². The summed E-state index contributed by atoms with van der Waals surface area (Å²) in [5, 5.41) is 6.09. The zero-order chi connectivity index (χ0) is 17.7. The SMILES string of the molecule is Cc1ccccc1C(=O)NC(C(=O)NC1CCCCC1C)C(C)C. The first kappa shape index (κ1) is 18.5. The first-order valence-electron chi connectivity index (χ1n) is 9.07. The zero-order valence-corrected chi connectivity index (χ0v) is 15.3. The Bertz CT molecular complexity index is 583. The number of nitrogens with one attached hydrogen (secondary N) is 2. The Balaban J connectivity index is 2.04. The van der Waals surface area contributed by atoms with E-state index in [2.05, 4.69) is 17.6 Å². The zero-order valence-electron chi connectivity index (χ0n) is 15.3. The normalized spacial score (nSPS) is 22.0. The number of hydrogen-bond acceptors (Lipinski definition) is 2. The van der Waals surface area contributed by atoms with E-state index in [0.717, 1.165) is 24.8 Å². The van der Waals surface area contributed by atoms with Crippen LogP contribution >= 0.6 is 0 Å². The van der Waals surface area contributed by atoms with Gasteiger partial charge in [0.1, 0.15) is 6.04 Å². The lowest BCUT2D eigenvalue weighted by atomic mass is 9.85. The Morgan fingerprint density at radius 3 is 2.42 bits per heavy atom. The fraction of sp³-hybridized carbons (Fsp3) is 0.600. The molecule has 2 amide bonds. The molecule has 4 nitrogen and oxygen atoms in total. The van der Waals surface area contributed by atoms with Gasteiger partial charge >= 0.3 is 0 Å². The van der Waals surface area contributed by atoms with Crippen molar-refractivity contribution in [3.63, 3.8) is 0 Å². The van der Waals surface area contributed by atoms with Crippen molar-refractivity contribution in [1.29, 1.82) is 0 Å². The average molecular weight is 330 g/mol. The minimum absolute atomic E-state index is 0.0388. The number of carbonyl (C=O) groups excluding carboxylic acids is 2. The van der Waals surface area contributed by atoms with Crippen LogP contribution in [0.4, 0.5) is 0 Å². The predicted molar refractivity (Wildman–Crippen MR) is 96.8 cm³/mol. The number of benzene rings is 1. The van der Waals surface area contributed by atoms with Crippen molar-refractivity contribution in [3.05, 3.63) is 35.4 Å². The van der Waals surface area contributed by atoms with Crippen LogP contribution in [0.3, 0.4) is 0 Å². The highest BCUT2D eigenvalue weighted by Crippen LogP contribution is 2.24. The molecule has 0 aliphatic heterocycles. The molecule has 1 fully saturated rings. The van der Waals surface area contributed by atoms with Crippen LogP contribution in [-0.4, -0.2) is 23.9 Å². The Kier molecular flexibility index (Phi) is 6.41. The summed E-state index contributed by atoms with van der Waals surface area (Å²) in [7, 11) is 0. The second-order valence-electron chi connectivity index (χ2n) is 7.39. The maximum absolute atomic E-state index is 12.7. The van der Waals surface area contributed by atoms with Gasteiger partial charge in [-0.1, -0.05) is 51.8 Å². The fourth-order valence-electron chi connectivity index (χ4n) is 3.38. The topological polar surface area (TPSA) is 58.2 Å². The van der Waals surface area contributed by atoms with Crippen LogP contribution in [-0.2, 0) is 4.79 Å². The number of carbonyl (C=O) groups is 2. The molecule has 0 bridgehead atoms. The molecular formula is C20H30N2O2. The van der Waals surface area contributed by atoms with E-state index in [1.807, 2.05) is 39.0 Å². The van der Waals surface area contributed by atoms with Crippen molar-refractivity contribution in [3.8, 4) is 0 Å². The van der Waals surface area contributed by atoms with Gasteiger partial charge < -0.3 is 10.6 Å². The molecule has 1 aliphatic rings. The van der Waals surface area contributed by atoms with Gasteiger partial charge in [-0.05, 0) is 43.2 Å². The van der Waals surface area contributed by atoms with Gasteiger partial charge in [-0.2, -0.15) is 0 Å². The molecule has 0 aromatic heterocycles. The molecule has 1 aliphatic carbocycles. The maximum atomic E-state index is 12.7. The number of aryl methyl sites for hydroxylation is 1. The molecule has 0 spiro atoms. The van der Waals surface area contributed by atoms with E-state index >= 15 is 0 Å². The van der Waals surface area contributed by atoms with Crippen LogP contribution in [0.25, 0.3) is 0 Å². The van der Waals surface area contributed by atoms with Crippen molar-refractivity contribution >= 4 is 11.8 Å². The molecule has 0 saturated heterocycles. The monoisotopic (exact) mass is 330 g/mol. The largest absolute Gasteiger partial charge is 0.351 e. The van der Waals surface area contributed by atoms with E-state index in [4.69, 9.17) is 0 Å². The smallest absolute Gasteiger partial charge is 0.252 e. The third-order valence-electron chi connectivity index (χ3n) is 5.06. The molecular weight excluding hydrogens is 300 g/mol. The summed E-state index contributed by atoms with van der Waals surface area (Å²) in [5.74, 6) is 0.295. The van der Waals surface area contributed by atoms with E-state index in [1.54, 1.807) is 6.07 Å². The van der Waals surface area contributed by atoms with E-state index in [1.165, 1.54) is 6.42 Å². The molecule has 4 heteroatoms. The van der Waals surface area contributed by atoms with Crippen LogP contribution in [0.1, 0.15) is 62.4 Å². The van der Waals surface area contributed by atoms with Gasteiger partial charge in [0.05, 0.1) is 0 Å². The van der Waals surface area contributed by atoms with Crippen LogP contribution in [0.2, 0.25) is 0 Å². The summed E-state index contributed by atoms with van der Waals surface area (Å²) in [6.07, 6.45) is 4.60. The molecule has 1 saturated carbocycles. The second kappa shape index (κ2) is 8.32. The Labute approximate surface area is 145 Å². The van der Waals surface area contributed by atoms with Crippen molar-refractivity contribution in [2.24, 2.45) is 11.8 Å². The summed E-state index contributed by atoms with van der Waals surface area (Å²) >= 11 is 0. The summed E-state index contributed by atoms with van der Waals surface area (Å²) in [6.45, 7) is 8.03. The van der Waals surface area contributed by atoms with Gasteiger partial charge in [0, 0.05) is 11.6 Å². The van der Waals surface area contributed by atoms with E-state index in [-0.39, 0.29) is 23.8 Å². The lowest BCUT2D eigenvalue weighted by Gasteiger charge is -2.32. The molecule has 1 aromatic carbocycles. The molecule has 3 unspecified atom stereocenters. The first-order chi connectivity index (χ1) is 11.4. The summed E-state index contributed by atoms with van der Waals surface area (Å²) in [5.41, 5.74) is 1.54. The molecule has 1 aromatic rings. The van der Waals surface area contributed by atoms with Gasteiger partial charge in [0.25, 0.3) is 5.91 Å². The van der Waals surface area contributed by atoms with Gasteiger partial charge in [0.2, 0.25) is 5.91 Å². The van der Waals surface area contributed by atoms with Crippen molar-refractivity contribution in [2.75, 3.05) is 0 Å². The Hall–Kier alpha value is -1.84. The van der Waals surface area contributed by atoms with Gasteiger partial charge in [0.15, 0.2) is 0 Å². The van der Waals surface area contributed by atoms with Gasteiger partial charge in [-0.25, -0.2) is 0 Å². The number of amides is 2. The predicted octanol–water partition coefficient (Wildman–Crippen LogP) is 3.44. The maximum Gasteiger partial charge on any atom is 0.252 e. The Morgan fingerprint density at radius 1 is 1.12 bits per heavy atom. The highest BCUT2D eigenvalue weighted by molar-refractivity contribution is 5.98. The molecule has 132 valence electrons. The number of hydrogen-bond donors (Lipinski definition) is 2. The molecule has 2 N–H and O–H groups in total. The average Bonchev–Trinajstić information content (AvgIpc) is 2.54. The quantitative estimate of drug-likeness (QED) is 0.869. The third-order valence-corrected chi connectivity index (χ3v) is 5.06. The van der Waals surface area contributed by atoms with Crippen molar-refractivity contribution in [1.82, 2.24) is 10.6 Å². The lowest BCUT2D eigenvalue weighted by molar-refractivity contribution is -0.125. The van der Waals surface area contributed by atoms with Crippen LogP contribution in [0, 0.1) is 18.8 Å². The van der Waals surface area contributed by atoms with Crippen LogP contribution < -0.4 is 10.6 Å². The van der Waals surface area contributed by atoms with Gasteiger partial charge in [-0.3, -0.25) is 9.59 Å². The standard InChI is InChI=1S/C20H30N2O2/c1-13(2)18(20(24)21-17-12-8-6-10-15(17)4)22-19(23)16-11-7-5-9-14(16)3/h5,7,9,11,13,15,17-18H,6,8,10,12H2,1-4H3,(H,21,24)(H,22,23). The molecule has 3 atom stereocenters. The minimum Gasteiger partial charge on any atom is -0.351 e. The fourth-order valence-corrected chi connectivity index (χ4v) is 3.38. The van der Waals surface area contributed by atoms with E-state index < -0.39 is 6.04 Å². The Morgan fingerprint density at radius 2 is 1.79 bits per heavy atom. The summed E-state index contributed by atoms with van der Waals surface area (Å²) in [4.78, 5) is 25.3. The third kappa shape index (κ3) is 4.59. The molecule has 2 rings (SSSR count). The molecule has 24 heavy (non-hydrogen) atoms. The minimum atomic E-state index is -0.508. The van der Waals surface area contributed by atoms with Crippen LogP contribution in [0.5, 0.6) is 0 Å².